The summed E-state index contributed by atoms with van der Waals surface area (Å²) < 4.78 is 13.0. The van der Waals surface area contributed by atoms with E-state index in [0.29, 0.717) is 5.56 Å². The van der Waals surface area contributed by atoms with Crippen LogP contribution in [-0.2, 0) is 6.54 Å². The highest BCUT2D eigenvalue weighted by molar-refractivity contribution is 5.56. The zero-order valence-electron chi connectivity index (χ0n) is 9.71. The molecule has 8 heteroatoms. The molecule has 98 valence electrons. The molecular weight excluding hydrogens is 253 g/mol. The molecule has 0 aliphatic carbocycles. The van der Waals surface area contributed by atoms with Gasteiger partial charge in [-0.15, -0.1) is 0 Å². The lowest BCUT2D eigenvalue weighted by atomic mass is 10.2. The van der Waals surface area contributed by atoms with Crippen LogP contribution >= 0.6 is 0 Å². The first kappa shape index (κ1) is 12.7. The zero-order valence-corrected chi connectivity index (χ0v) is 9.71. The van der Waals surface area contributed by atoms with Gasteiger partial charge in [-0.2, -0.15) is 4.98 Å². The summed E-state index contributed by atoms with van der Waals surface area (Å²) in [6.07, 6.45) is 1.02. The SMILES string of the molecule is Nc1ncc([N+](=O)[O-])c(NCc2cccc(F)c2)n1. The summed E-state index contributed by atoms with van der Waals surface area (Å²) in [5.41, 5.74) is 5.72. The van der Waals surface area contributed by atoms with Crippen LogP contribution in [0, 0.1) is 15.9 Å². The van der Waals surface area contributed by atoms with E-state index in [9.17, 15) is 14.5 Å². The van der Waals surface area contributed by atoms with Gasteiger partial charge in [-0.05, 0) is 17.7 Å². The van der Waals surface area contributed by atoms with Crippen molar-refractivity contribution in [2.75, 3.05) is 11.1 Å². The minimum atomic E-state index is -0.618. The van der Waals surface area contributed by atoms with Crippen LogP contribution in [0.3, 0.4) is 0 Å². The van der Waals surface area contributed by atoms with Gasteiger partial charge in [0.05, 0.1) is 4.92 Å². The number of hydrogen-bond donors (Lipinski definition) is 2. The quantitative estimate of drug-likeness (QED) is 0.642. The molecule has 7 nitrogen and oxygen atoms in total. The number of anilines is 2. The Morgan fingerprint density at radius 1 is 1.47 bits per heavy atom. The van der Waals surface area contributed by atoms with E-state index in [1.54, 1.807) is 12.1 Å². The minimum Gasteiger partial charge on any atom is -0.368 e. The monoisotopic (exact) mass is 263 g/mol. The average molecular weight is 263 g/mol. The second-order valence-corrected chi connectivity index (χ2v) is 3.70. The molecule has 1 aromatic carbocycles. The highest BCUT2D eigenvalue weighted by atomic mass is 19.1. The fourth-order valence-corrected chi connectivity index (χ4v) is 1.49. The largest absolute Gasteiger partial charge is 0.368 e. The first-order valence-electron chi connectivity index (χ1n) is 5.31. The first-order valence-corrected chi connectivity index (χ1v) is 5.31. The predicted molar refractivity (Wildman–Crippen MR) is 66.8 cm³/mol. The third-order valence-corrected chi connectivity index (χ3v) is 2.33. The number of nitrogens with zero attached hydrogens (tertiary/aromatic N) is 3. The molecule has 3 N–H and O–H groups in total. The van der Waals surface area contributed by atoms with Crippen LogP contribution in [0.15, 0.2) is 30.5 Å². The maximum absolute atomic E-state index is 13.0. The number of aromatic nitrogens is 2. The third kappa shape index (κ3) is 3.12. The molecule has 0 fully saturated rings. The van der Waals surface area contributed by atoms with E-state index in [1.807, 2.05) is 0 Å². The van der Waals surface area contributed by atoms with Gasteiger partial charge >= 0.3 is 5.69 Å². The van der Waals surface area contributed by atoms with Crippen LogP contribution in [0.25, 0.3) is 0 Å². The number of halogens is 1. The molecule has 0 radical (unpaired) electrons. The molecule has 1 aromatic heterocycles. The molecule has 2 rings (SSSR count). The standard InChI is InChI=1S/C11H10FN5O2/c12-8-3-1-2-7(4-8)5-14-10-9(17(18)19)6-15-11(13)16-10/h1-4,6H,5H2,(H3,13,14,15,16). The summed E-state index contributed by atoms with van der Waals surface area (Å²) in [4.78, 5) is 17.5. The van der Waals surface area contributed by atoms with Crippen molar-refractivity contribution in [2.24, 2.45) is 0 Å². The van der Waals surface area contributed by atoms with E-state index < -0.39 is 4.92 Å². The molecule has 0 bridgehead atoms. The van der Waals surface area contributed by atoms with Gasteiger partial charge in [0.1, 0.15) is 12.0 Å². The van der Waals surface area contributed by atoms with Gasteiger partial charge in [-0.3, -0.25) is 10.1 Å². The van der Waals surface area contributed by atoms with Crippen LogP contribution in [0.4, 0.5) is 21.8 Å². The van der Waals surface area contributed by atoms with Crippen molar-refractivity contribution >= 4 is 17.5 Å². The predicted octanol–water partition coefficient (Wildman–Crippen LogP) is 1.72. The number of rotatable bonds is 4. The Morgan fingerprint density at radius 2 is 2.26 bits per heavy atom. The molecule has 0 aliphatic rings. The Morgan fingerprint density at radius 3 is 2.95 bits per heavy atom. The fourth-order valence-electron chi connectivity index (χ4n) is 1.49. The van der Waals surface area contributed by atoms with Crippen molar-refractivity contribution < 1.29 is 9.31 Å². The summed E-state index contributed by atoms with van der Waals surface area (Å²) in [6, 6.07) is 5.87. The van der Waals surface area contributed by atoms with E-state index >= 15 is 0 Å². The number of hydrogen-bond acceptors (Lipinski definition) is 6. The van der Waals surface area contributed by atoms with Gasteiger partial charge in [-0.25, -0.2) is 9.37 Å². The van der Waals surface area contributed by atoms with Gasteiger partial charge in [0.2, 0.25) is 11.8 Å². The topological polar surface area (TPSA) is 107 Å². The molecular formula is C11H10FN5O2. The van der Waals surface area contributed by atoms with E-state index in [1.165, 1.54) is 12.1 Å². The molecule has 0 aliphatic heterocycles. The van der Waals surface area contributed by atoms with Crippen molar-refractivity contribution in [3.05, 3.63) is 52.0 Å². The van der Waals surface area contributed by atoms with Crippen molar-refractivity contribution in [2.45, 2.75) is 6.54 Å². The van der Waals surface area contributed by atoms with E-state index in [4.69, 9.17) is 5.73 Å². The summed E-state index contributed by atoms with van der Waals surface area (Å²) in [7, 11) is 0. The minimum absolute atomic E-state index is 0.00163. The Balaban J connectivity index is 2.19. The van der Waals surface area contributed by atoms with Crippen LogP contribution in [0.2, 0.25) is 0 Å². The maximum Gasteiger partial charge on any atom is 0.329 e. The molecule has 0 atom stereocenters. The van der Waals surface area contributed by atoms with Crippen molar-refractivity contribution in [1.82, 2.24) is 9.97 Å². The lowest BCUT2D eigenvalue weighted by Crippen LogP contribution is -2.07. The van der Waals surface area contributed by atoms with Gasteiger partial charge in [0, 0.05) is 6.54 Å². The number of nitrogens with one attached hydrogen (secondary N) is 1. The Kier molecular flexibility index (Phi) is 3.51. The lowest BCUT2D eigenvalue weighted by molar-refractivity contribution is -0.384. The summed E-state index contributed by atoms with van der Waals surface area (Å²) >= 11 is 0. The zero-order chi connectivity index (χ0) is 13.8. The third-order valence-electron chi connectivity index (χ3n) is 2.33. The van der Waals surface area contributed by atoms with Crippen LogP contribution in [-0.4, -0.2) is 14.9 Å². The molecule has 0 unspecified atom stereocenters. The van der Waals surface area contributed by atoms with Crippen LogP contribution < -0.4 is 11.1 Å². The molecule has 2 aromatic rings. The van der Waals surface area contributed by atoms with Crippen molar-refractivity contribution in [3.8, 4) is 0 Å². The fraction of sp³-hybridized carbons (Fsp3) is 0.0909. The number of benzene rings is 1. The Hall–Kier alpha value is -2.77. The molecule has 0 amide bonds. The number of nitrogens with two attached hydrogens (primary N) is 1. The molecule has 0 spiro atoms. The maximum atomic E-state index is 13.0. The molecule has 0 saturated heterocycles. The van der Waals surface area contributed by atoms with Crippen LogP contribution in [0.5, 0.6) is 0 Å². The van der Waals surface area contributed by atoms with Gasteiger partial charge in [0.15, 0.2) is 0 Å². The van der Waals surface area contributed by atoms with Gasteiger partial charge < -0.3 is 11.1 Å². The second-order valence-electron chi connectivity index (χ2n) is 3.70. The summed E-state index contributed by atoms with van der Waals surface area (Å²) in [5, 5.41) is 13.5. The number of nitro groups is 1. The van der Waals surface area contributed by atoms with E-state index in [-0.39, 0.29) is 29.8 Å². The highest BCUT2D eigenvalue weighted by Crippen LogP contribution is 2.21. The number of nitrogen functional groups attached to an aromatic ring is 1. The molecule has 1 heterocycles. The smallest absolute Gasteiger partial charge is 0.329 e. The second kappa shape index (κ2) is 5.25. The average Bonchev–Trinajstić information content (AvgIpc) is 2.36. The highest BCUT2D eigenvalue weighted by Gasteiger charge is 2.16. The van der Waals surface area contributed by atoms with E-state index in [2.05, 4.69) is 15.3 Å². The summed E-state index contributed by atoms with van der Waals surface area (Å²) in [5.74, 6) is -0.454. The molecule has 0 saturated carbocycles. The lowest BCUT2D eigenvalue weighted by Gasteiger charge is -2.06. The first-order chi connectivity index (χ1) is 9.06. The van der Waals surface area contributed by atoms with E-state index in [0.717, 1.165) is 6.20 Å². The summed E-state index contributed by atoms with van der Waals surface area (Å²) in [6.45, 7) is 0.190. The van der Waals surface area contributed by atoms with Crippen molar-refractivity contribution in [1.29, 1.82) is 0 Å². The molecule has 19 heavy (non-hydrogen) atoms. The normalized spacial score (nSPS) is 10.2. The van der Waals surface area contributed by atoms with Crippen LogP contribution in [0.1, 0.15) is 5.56 Å². The Bertz CT molecular complexity index is 620. The van der Waals surface area contributed by atoms with Crippen molar-refractivity contribution in [3.63, 3.8) is 0 Å². The van der Waals surface area contributed by atoms with Gasteiger partial charge in [-0.1, -0.05) is 12.1 Å². The van der Waals surface area contributed by atoms with Gasteiger partial charge in [0.25, 0.3) is 0 Å². The Labute approximate surface area is 107 Å².